The summed E-state index contributed by atoms with van der Waals surface area (Å²) in [7, 11) is 0. The van der Waals surface area contributed by atoms with Gasteiger partial charge in [-0.1, -0.05) is 49.7 Å². The topological polar surface area (TPSA) is 109 Å². The van der Waals surface area contributed by atoms with Crippen molar-refractivity contribution < 1.29 is 19.1 Å². The molecule has 9 heteroatoms. The minimum absolute atomic E-state index is 0.0615. The lowest BCUT2D eigenvalue weighted by molar-refractivity contribution is -0.116. The minimum atomic E-state index is -0.450. The summed E-state index contributed by atoms with van der Waals surface area (Å²) < 4.78 is 5.77. The number of ether oxygens (including phenoxy) is 1. The molecule has 0 radical (unpaired) electrons. The molecule has 0 aromatic heterocycles. The second kappa shape index (κ2) is 14.4. The summed E-state index contributed by atoms with van der Waals surface area (Å²) >= 11 is 5.12. The summed E-state index contributed by atoms with van der Waals surface area (Å²) in [6, 6.07) is 23.2. The number of nitrogens with one attached hydrogen (secondary N) is 4. The third-order valence-corrected chi connectivity index (χ3v) is 5.51. The number of hydrogen-bond donors (Lipinski definition) is 4. The van der Waals surface area contributed by atoms with Gasteiger partial charge in [0.25, 0.3) is 11.8 Å². The minimum Gasteiger partial charge on any atom is -0.493 e. The lowest BCUT2D eigenvalue weighted by atomic mass is 10.2. The van der Waals surface area contributed by atoms with Gasteiger partial charge in [-0.2, -0.15) is 0 Å². The molecule has 37 heavy (non-hydrogen) atoms. The van der Waals surface area contributed by atoms with Crippen LogP contribution in [0.5, 0.6) is 5.75 Å². The smallest absolute Gasteiger partial charge is 0.269 e. The number of thiocarbonyl (C=S) groups is 1. The third-order valence-electron chi connectivity index (χ3n) is 5.30. The molecule has 8 nitrogen and oxygen atoms in total. The maximum absolute atomic E-state index is 12.6. The number of carbonyl (C=O) groups excluding carboxylic acids is 3. The zero-order chi connectivity index (χ0) is 26.5. The van der Waals surface area contributed by atoms with Gasteiger partial charge in [-0.3, -0.25) is 30.6 Å². The van der Waals surface area contributed by atoms with E-state index in [2.05, 4.69) is 21.5 Å². The van der Waals surface area contributed by atoms with Crippen LogP contribution in [0.1, 0.15) is 52.5 Å². The molecule has 3 aromatic rings. The van der Waals surface area contributed by atoms with Crippen molar-refractivity contribution in [2.75, 3.05) is 11.9 Å². The summed E-state index contributed by atoms with van der Waals surface area (Å²) in [6.07, 6.45) is 2.97. The largest absolute Gasteiger partial charge is 0.493 e. The number of carbonyl (C=O) groups is 3. The molecule has 0 aliphatic heterocycles. The first-order valence-electron chi connectivity index (χ1n) is 12.0. The van der Waals surface area contributed by atoms with Crippen molar-refractivity contribution in [3.05, 3.63) is 95.6 Å². The maximum Gasteiger partial charge on any atom is 0.269 e. The van der Waals surface area contributed by atoms with E-state index in [-0.39, 0.29) is 11.0 Å². The van der Waals surface area contributed by atoms with Gasteiger partial charge in [0, 0.05) is 29.7 Å². The predicted molar refractivity (Wildman–Crippen MR) is 147 cm³/mol. The Bertz CT molecular complexity index is 1220. The number of anilines is 1. The quantitative estimate of drug-likeness (QED) is 0.234. The fraction of sp³-hybridized carbons (Fsp3) is 0.214. The third kappa shape index (κ3) is 9.38. The van der Waals surface area contributed by atoms with Crippen LogP contribution in [0.15, 0.2) is 78.9 Å². The van der Waals surface area contributed by atoms with Crippen LogP contribution in [0.4, 0.5) is 5.69 Å². The molecule has 3 aromatic carbocycles. The molecule has 0 spiro atoms. The zero-order valence-electron chi connectivity index (χ0n) is 20.6. The lowest BCUT2D eigenvalue weighted by Crippen LogP contribution is -2.48. The molecule has 0 aliphatic rings. The highest BCUT2D eigenvalue weighted by Crippen LogP contribution is 2.14. The van der Waals surface area contributed by atoms with E-state index in [0.717, 1.165) is 19.3 Å². The van der Waals surface area contributed by atoms with E-state index < -0.39 is 11.8 Å². The lowest BCUT2D eigenvalue weighted by Gasteiger charge is -2.12. The van der Waals surface area contributed by atoms with Gasteiger partial charge in [-0.25, -0.2) is 0 Å². The van der Waals surface area contributed by atoms with Crippen LogP contribution < -0.4 is 26.2 Å². The first-order chi connectivity index (χ1) is 17.9. The molecule has 0 saturated heterocycles. The van der Waals surface area contributed by atoms with Crippen LogP contribution >= 0.6 is 12.2 Å². The summed E-state index contributed by atoms with van der Waals surface area (Å²) in [4.78, 5) is 36.8. The van der Waals surface area contributed by atoms with E-state index in [1.807, 2.05) is 37.3 Å². The van der Waals surface area contributed by atoms with Crippen LogP contribution in [0.25, 0.3) is 0 Å². The molecule has 0 atom stereocenters. The Hall–Kier alpha value is -4.24. The van der Waals surface area contributed by atoms with Crippen LogP contribution in [-0.4, -0.2) is 29.4 Å². The van der Waals surface area contributed by atoms with Crippen LogP contribution in [0, 0.1) is 0 Å². The summed E-state index contributed by atoms with van der Waals surface area (Å²) in [5.74, 6) is -0.385. The summed E-state index contributed by atoms with van der Waals surface area (Å²) in [5.41, 5.74) is 7.46. The fourth-order valence-corrected chi connectivity index (χ4v) is 3.46. The Labute approximate surface area is 221 Å². The zero-order valence-corrected chi connectivity index (χ0v) is 21.4. The van der Waals surface area contributed by atoms with Gasteiger partial charge >= 0.3 is 0 Å². The Morgan fingerprint density at radius 2 is 1.59 bits per heavy atom. The molecule has 0 unspecified atom stereocenters. The Morgan fingerprint density at radius 3 is 2.32 bits per heavy atom. The molecule has 0 saturated carbocycles. The van der Waals surface area contributed by atoms with Gasteiger partial charge in [0.2, 0.25) is 5.91 Å². The number of amides is 3. The van der Waals surface area contributed by atoms with Gasteiger partial charge in [0.1, 0.15) is 5.75 Å². The molecular weight excluding hydrogens is 488 g/mol. The fourth-order valence-electron chi connectivity index (χ4n) is 3.32. The van der Waals surface area contributed by atoms with Crippen molar-refractivity contribution in [2.45, 2.75) is 32.6 Å². The second-order valence-electron chi connectivity index (χ2n) is 8.20. The number of unbranched alkanes of at least 4 members (excludes halogenated alkanes) is 1. The molecule has 3 rings (SSSR count). The Balaban J connectivity index is 1.43. The Kier molecular flexibility index (Phi) is 10.6. The highest BCUT2D eigenvalue weighted by Gasteiger charge is 2.11. The van der Waals surface area contributed by atoms with Crippen molar-refractivity contribution in [3.63, 3.8) is 0 Å². The molecule has 0 aliphatic carbocycles. The summed E-state index contributed by atoms with van der Waals surface area (Å²) in [5, 5.41) is 5.25. The molecule has 0 bridgehead atoms. The van der Waals surface area contributed by atoms with E-state index in [1.165, 1.54) is 5.56 Å². The molecule has 192 valence electrons. The average Bonchev–Trinajstić information content (AvgIpc) is 2.91. The van der Waals surface area contributed by atoms with Crippen molar-refractivity contribution in [1.29, 1.82) is 0 Å². The van der Waals surface area contributed by atoms with E-state index in [1.54, 1.807) is 48.5 Å². The molecule has 3 amide bonds. The van der Waals surface area contributed by atoms with Crippen LogP contribution in [-0.2, 0) is 11.2 Å². The summed E-state index contributed by atoms with van der Waals surface area (Å²) in [6.45, 7) is 2.50. The van der Waals surface area contributed by atoms with E-state index >= 15 is 0 Å². The van der Waals surface area contributed by atoms with Gasteiger partial charge in [0.05, 0.1) is 6.61 Å². The normalized spacial score (nSPS) is 10.2. The second-order valence-corrected chi connectivity index (χ2v) is 8.61. The van der Waals surface area contributed by atoms with Gasteiger partial charge in [-0.15, -0.1) is 0 Å². The van der Waals surface area contributed by atoms with Crippen LogP contribution in [0.3, 0.4) is 0 Å². The first kappa shape index (κ1) is 27.3. The van der Waals surface area contributed by atoms with Gasteiger partial charge in [-0.05, 0) is 66.7 Å². The van der Waals surface area contributed by atoms with Crippen molar-refractivity contribution in [2.24, 2.45) is 0 Å². The average molecular weight is 519 g/mol. The number of hydrogen-bond acceptors (Lipinski definition) is 5. The highest BCUT2D eigenvalue weighted by molar-refractivity contribution is 7.80. The number of benzene rings is 3. The standard InChI is InChI=1S/C28H30N4O4S/c1-2-3-12-25(33)29-23-15-13-21(14-16-23)27(35)31-32-28(37)30-26(34)22-10-7-11-24(19-22)36-18-17-20-8-5-4-6-9-20/h4-11,13-16,19H,2-3,12,17-18H2,1H3,(H,29,33)(H,31,35)(H2,30,32,34,37). The highest BCUT2D eigenvalue weighted by atomic mass is 32.1. The molecular formula is C28H30N4O4S. The molecule has 0 fully saturated rings. The van der Waals surface area contributed by atoms with Gasteiger partial charge in [0.15, 0.2) is 5.11 Å². The van der Waals surface area contributed by atoms with Crippen molar-refractivity contribution in [3.8, 4) is 5.75 Å². The van der Waals surface area contributed by atoms with Gasteiger partial charge < -0.3 is 10.1 Å². The van der Waals surface area contributed by atoms with Crippen LogP contribution in [0.2, 0.25) is 0 Å². The monoisotopic (exact) mass is 518 g/mol. The predicted octanol–water partition coefficient (Wildman–Crippen LogP) is 4.39. The number of hydrazine groups is 1. The molecule has 4 N–H and O–H groups in total. The maximum atomic E-state index is 12.6. The SMILES string of the molecule is CCCCC(=O)Nc1ccc(C(=O)NNC(=S)NC(=O)c2cccc(OCCc3ccccc3)c2)cc1. The Morgan fingerprint density at radius 1 is 0.838 bits per heavy atom. The van der Waals surface area contributed by atoms with E-state index in [9.17, 15) is 14.4 Å². The molecule has 0 heterocycles. The van der Waals surface area contributed by atoms with E-state index in [0.29, 0.717) is 35.6 Å². The first-order valence-corrected chi connectivity index (χ1v) is 12.4. The number of rotatable bonds is 10. The van der Waals surface area contributed by atoms with Crippen molar-refractivity contribution >= 4 is 40.7 Å². The van der Waals surface area contributed by atoms with Crippen molar-refractivity contribution in [1.82, 2.24) is 16.2 Å². The van der Waals surface area contributed by atoms with E-state index in [4.69, 9.17) is 17.0 Å².